The first-order valence-corrected chi connectivity index (χ1v) is 11.5. The fraction of sp³-hybridized carbons (Fsp3) is 0.125. The molecule has 2 aromatic carbocycles. The van der Waals surface area contributed by atoms with Gasteiger partial charge in [0.2, 0.25) is 5.13 Å². The summed E-state index contributed by atoms with van der Waals surface area (Å²) in [5, 5.41) is 17.6. The van der Waals surface area contributed by atoms with Crippen LogP contribution in [0.2, 0.25) is 0 Å². The number of aromatic hydroxyl groups is 1. The van der Waals surface area contributed by atoms with Crippen molar-refractivity contribution in [2.75, 3.05) is 5.43 Å². The molecular weight excluding hydrogens is 426 g/mol. The molecule has 0 aliphatic heterocycles. The number of nitrogens with zero attached hydrogens (tertiary/aromatic N) is 2. The molecule has 0 fully saturated rings. The lowest BCUT2D eigenvalue weighted by Crippen LogP contribution is -1.96. The lowest BCUT2D eigenvalue weighted by Gasteiger charge is -2.12. The normalized spacial score (nSPS) is 11.8. The Balaban J connectivity index is 1.57. The lowest BCUT2D eigenvalue weighted by atomic mass is 9.96. The molecule has 5 nitrogen and oxygen atoms in total. The summed E-state index contributed by atoms with van der Waals surface area (Å²) in [7, 11) is 0. The van der Waals surface area contributed by atoms with Crippen LogP contribution in [-0.4, -0.2) is 22.1 Å². The largest absolute Gasteiger partial charge is 0.507 e. The van der Waals surface area contributed by atoms with Crippen molar-refractivity contribution in [2.45, 2.75) is 19.8 Å². The molecule has 0 spiro atoms. The number of anilines is 1. The zero-order valence-corrected chi connectivity index (χ0v) is 18.7. The van der Waals surface area contributed by atoms with Gasteiger partial charge in [0.25, 0.3) is 0 Å². The van der Waals surface area contributed by atoms with E-state index in [0.29, 0.717) is 15.6 Å². The third-order valence-electron chi connectivity index (χ3n) is 4.66. The van der Waals surface area contributed by atoms with Crippen LogP contribution in [0.4, 0.5) is 5.13 Å². The van der Waals surface area contributed by atoms with Crippen LogP contribution >= 0.6 is 22.7 Å². The van der Waals surface area contributed by atoms with E-state index >= 15 is 0 Å². The maximum Gasteiger partial charge on any atom is 0.204 e. The number of carbonyl (C=O) groups excluding carboxylic acids is 1. The number of thiophene rings is 1. The summed E-state index contributed by atoms with van der Waals surface area (Å²) in [5.41, 5.74) is 6.11. The van der Waals surface area contributed by atoms with Gasteiger partial charge in [0.15, 0.2) is 5.78 Å². The smallest absolute Gasteiger partial charge is 0.204 e. The summed E-state index contributed by atoms with van der Waals surface area (Å²) in [6.07, 6.45) is 4.84. The number of allylic oxidation sites excluding steroid dienone is 1. The second-order valence-corrected chi connectivity index (χ2v) is 9.21. The molecule has 0 aliphatic carbocycles. The third-order valence-corrected chi connectivity index (χ3v) is 6.48. The van der Waals surface area contributed by atoms with E-state index in [1.165, 1.54) is 28.7 Å². The second-order valence-electron chi connectivity index (χ2n) is 7.23. The third kappa shape index (κ3) is 4.90. The maximum atomic E-state index is 12.3. The molecule has 4 rings (SSSR count). The monoisotopic (exact) mass is 447 g/mol. The number of hydrogen-bond acceptors (Lipinski definition) is 7. The van der Waals surface area contributed by atoms with E-state index < -0.39 is 0 Å². The number of nitrogens with one attached hydrogen (secondary N) is 1. The van der Waals surface area contributed by atoms with Crippen LogP contribution in [0.15, 0.2) is 65.1 Å². The Morgan fingerprint density at radius 1 is 1.19 bits per heavy atom. The number of phenolic OH excluding ortho intramolecular Hbond substituents is 1. The highest BCUT2D eigenvalue weighted by atomic mass is 32.1. The zero-order valence-electron chi connectivity index (χ0n) is 17.1. The van der Waals surface area contributed by atoms with Gasteiger partial charge in [-0.3, -0.25) is 10.2 Å². The minimum absolute atomic E-state index is 0.0860. The Morgan fingerprint density at radius 2 is 2.03 bits per heavy atom. The Kier molecular flexibility index (Phi) is 6.25. The first-order valence-electron chi connectivity index (χ1n) is 9.78. The van der Waals surface area contributed by atoms with Gasteiger partial charge in [-0.05, 0) is 64.9 Å². The van der Waals surface area contributed by atoms with Gasteiger partial charge >= 0.3 is 0 Å². The molecular formula is C24H21N3O2S2. The Bertz CT molecular complexity index is 1240. The van der Waals surface area contributed by atoms with Crippen molar-refractivity contribution in [1.82, 2.24) is 4.98 Å². The second kappa shape index (κ2) is 9.24. The highest BCUT2D eigenvalue weighted by Crippen LogP contribution is 2.31. The molecule has 31 heavy (non-hydrogen) atoms. The lowest BCUT2D eigenvalue weighted by molar-refractivity contribution is 0.105. The van der Waals surface area contributed by atoms with Crippen LogP contribution in [0.25, 0.3) is 16.3 Å². The van der Waals surface area contributed by atoms with Crippen molar-refractivity contribution >= 4 is 56.1 Å². The van der Waals surface area contributed by atoms with E-state index in [9.17, 15) is 9.90 Å². The molecule has 0 saturated carbocycles. The predicted octanol–water partition coefficient (Wildman–Crippen LogP) is 6.53. The molecule has 0 aliphatic rings. The maximum absolute atomic E-state index is 12.3. The number of carbonyl (C=O) groups is 1. The van der Waals surface area contributed by atoms with Crippen molar-refractivity contribution in [3.63, 3.8) is 0 Å². The molecule has 0 saturated heterocycles. The van der Waals surface area contributed by atoms with E-state index in [1.54, 1.807) is 18.4 Å². The molecule has 7 heteroatoms. The number of ketones is 1. The number of rotatable bonds is 7. The summed E-state index contributed by atoms with van der Waals surface area (Å²) in [6, 6.07) is 15.3. The minimum Gasteiger partial charge on any atom is -0.507 e. The highest BCUT2D eigenvalue weighted by Gasteiger charge is 2.12. The fourth-order valence-corrected chi connectivity index (χ4v) is 4.55. The van der Waals surface area contributed by atoms with Crippen LogP contribution in [0.3, 0.4) is 0 Å². The highest BCUT2D eigenvalue weighted by molar-refractivity contribution is 7.22. The van der Waals surface area contributed by atoms with Gasteiger partial charge < -0.3 is 5.11 Å². The number of hydrogen-bond donors (Lipinski definition) is 2. The molecule has 2 aromatic heterocycles. The van der Waals surface area contributed by atoms with Gasteiger partial charge in [0, 0.05) is 5.56 Å². The first-order chi connectivity index (χ1) is 15.0. The fourth-order valence-electron chi connectivity index (χ4n) is 3.09. The number of fused-ring (bicyclic) bond motifs is 1. The Labute approximate surface area is 188 Å². The van der Waals surface area contributed by atoms with Crippen LogP contribution in [-0.2, 0) is 0 Å². The Hall–Kier alpha value is -3.29. The number of benzene rings is 2. The van der Waals surface area contributed by atoms with Gasteiger partial charge in [-0.1, -0.05) is 43.4 Å². The quantitative estimate of drug-likeness (QED) is 0.146. The standard InChI is InChI=1S/C24H21N3O2S2/c1-15(2)18-13-16(14-25-27-24-26-19-6-3-4-7-21(19)31-24)12-17(23(18)29)9-10-20(28)22-8-5-11-30-22/h3-15,29H,1-2H3,(H,26,27)/b10-9+,25-14+. The van der Waals surface area contributed by atoms with E-state index in [1.807, 2.05) is 61.7 Å². The van der Waals surface area contributed by atoms with E-state index in [-0.39, 0.29) is 17.5 Å². The van der Waals surface area contributed by atoms with Crippen molar-refractivity contribution in [3.05, 3.63) is 81.6 Å². The van der Waals surface area contributed by atoms with Gasteiger partial charge in [0.05, 0.1) is 21.3 Å². The molecule has 0 bridgehead atoms. The minimum atomic E-state index is -0.0860. The van der Waals surface area contributed by atoms with Gasteiger partial charge in [-0.2, -0.15) is 5.10 Å². The van der Waals surface area contributed by atoms with Crippen molar-refractivity contribution in [3.8, 4) is 5.75 Å². The van der Waals surface area contributed by atoms with Crippen LogP contribution in [0.5, 0.6) is 5.75 Å². The van der Waals surface area contributed by atoms with Crippen molar-refractivity contribution in [1.29, 1.82) is 0 Å². The number of thiazole rings is 1. The molecule has 156 valence electrons. The summed E-state index contributed by atoms with van der Waals surface area (Å²) in [5.74, 6) is 0.212. The van der Waals surface area contributed by atoms with Gasteiger partial charge in [0.1, 0.15) is 5.75 Å². The average Bonchev–Trinajstić information content (AvgIpc) is 3.43. The van der Waals surface area contributed by atoms with Crippen LogP contribution in [0, 0.1) is 0 Å². The average molecular weight is 448 g/mol. The number of phenols is 1. The molecule has 2 N–H and O–H groups in total. The molecule has 0 radical (unpaired) electrons. The van der Waals surface area contributed by atoms with Crippen LogP contribution < -0.4 is 5.43 Å². The van der Waals surface area contributed by atoms with Gasteiger partial charge in [-0.25, -0.2) is 4.98 Å². The van der Waals surface area contributed by atoms with Crippen molar-refractivity contribution in [2.24, 2.45) is 5.10 Å². The molecule has 0 atom stereocenters. The Morgan fingerprint density at radius 3 is 2.77 bits per heavy atom. The van der Waals surface area contributed by atoms with Crippen LogP contribution in [0.1, 0.15) is 46.1 Å². The first kappa shape index (κ1) is 21.0. The zero-order chi connectivity index (χ0) is 21.8. The number of hydrazone groups is 1. The van der Waals surface area contributed by atoms with E-state index in [0.717, 1.165) is 21.3 Å². The summed E-state index contributed by atoms with van der Waals surface area (Å²) >= 11 is 2.93. The summed E-state index contributed by atoms with van der Waals surface area (Å²) < 4.78 is 1.09. The molecule has 2 heterocycles. The SMILES string of the molecule is CC(C)c1cc(/C=N/Nc2nc3ccccc3s2)cc(/C=C/C(=O)c2cccs2)c1O. The topological polar surface area (TPSA) is 74.6 Å². The van der Waals surface area contributed by atoms with E-state index in [4.69, 9.17) is 0 Å². The molecule has 0 unspecified atom stereocenters. The molecule has 0 amide bonds. The van der Waals surface area contributed by atoms with E-state index in [2.05, 4.69) is 15.5 Å². The number of aromatic nitrogens is 1. The summed E-state index contributed by atoms with van der Waals surface area (Å²) in [6.45, 7) is 4.03. The molecule has 4 aromatic rings. The van der Waals surface area contributed by atoms with Gasteiger partial charge in [-0.15, -0.1) is 11.3 Å². The number of para-hydroxylation sites is 1. The predicted molar refractivity (Wildman–Crippen MR) is 131 cm³/mol. The summed E-state index contributed by atoms with van der Waals surface area (Å²) in [4.78, 5) is 17.5. The van der Waals surface area contributed by atoms with Crippen molar-refractivity contribution < 1.29 is 9.90 Å².